The first kappa shape index (κ1) is 19.1. The number of hydrogen-bond acceptors (Lipinski definition) is 5. The molecule has 0 fully saturated rings. The van der Waals surface area contributed by atoms with E-state index in [9.17, 15) is 4.79 Å². The van der Waals surface area contributed by atoms with Crippen molar-refractivity contribution in [2.75, 3.05) is 12.4 Å². The van der Waals surface area contributed by atoms with E-state index in [-0.39, 0.29) is 17.7 Å². The highest BCUT2D eigenvalue weighted by atomic mass is 32.2. The van der Waals surface area contributed by atoms with Gasteiger partial charge in [0.1, 0.15) is 11.4 Å². The van der Waals surface area contributed by atoms with Gasteiger partial charge in [0.05, 0.1) is 35.0 Å². The second-order valence-corrected chi connectivity index (χ2v) is 8.70. The normalized spacial score (nSPS) is 15.6. The molecule has 0 saturated heterocycles. The van der Waals surface area contributed by atoms with Crippen molar-refractivity contribution in [3.05, 3.63) is 78.4 Å². The molecule has 0 unspecified atom stereocenters. The Balaban J connectivity index is 1.31. The summed E-state index contributed by atoms with van der Waals surface area (Å²) in [5, 5.41) is 4.92. The third-order valence-corrected chi connectivity index (χ3v) is 6.68. The first-order valence-electron chi connectivity index (χ1n) is 10.6. The number of carbonyl (C=O) groups excluding carboxylic acids is 1. The van der Waals surface area contributed by atoms with Gasteiger partial charge < -0.3 is 10.1 Å². The van der Waals surface area contributed by atoms with Crippen molar-refractivity contribution in [3.8, 4) is 5.75 Å². The van der Waals surface area contributed by atoms with Crippen LogP contribution in [0.25, 0.3) is 27.6 Å². The Morgan fingerprint density at radius 1 is 1.00 bits per heavy atom. The molecule has 32 heavy (non-hydrogen) atoms. The summed E-state index contributed by atoms with van der Waals surface area (Å²) in [6.45, 7) is 0.600. The van der Waals surface area contributed by atoms with E-state index in [1.807, 2.05) is 72.8 Å². The second kappa shape index (κ2) is 7.84. The first-order chi connectivity index (χ1) is 15.8. The Morgan fingerprint density at radius 2 is 1.78 bits per heavy atom. The lowest BCUT2D eigenvalue weighted by Gasteiger charge is -2.26. The maximum Gasteiger partial charge on any atom is 0.230 e. The standard InChI is InChI=1S/C25H20N4O2S/c30-23(26-19-13-14-31-22-12-6-2-7-16(19)22)15-32-25-28-18-9-3-1-8-17(18)24-27-20-10-4-5-11-21(20)29(24)25/h1-12,19H,13-15H2,(H,26,30)/t19-/m0/s1. The van der Waals surface area contributed by atoms with Gasteiger partial charge in [-0.3, -0.25) is 9.20 Å². The Morgan fingerprint density at radius 3 is 2.72 bits per heavy atom. The van der Waals surface area contributed by atoms with Gasteiger partial charge in [0.15, 0.2) is 5.16 Å². The lowest BCUT2D eigenvalue weighted by atomic mass is 10.0. The highest BCUT2D eigenvalue weighted by Crippen LogP contribution is 2.32. The van der Waals surface area contributed by atoms with Crippen molar-refractivity contribution < 1.29 is 9.53 Å². The molecule has 0 spiro atoms. The molecule has 5 aromatic rings. The molecule has 2 aromatic heterocycles. The molecule has 158 valence electrons. The molecule has 7 heteroatoms. The highest BCUT2D eigenvalue weighted by molar-refractivity contribution is 7.99. The van der Waals surface area contributed by atoms with Gasteiger partial charge in [0.25, 0.3) is 0 Å². The molecule has 1 aliphatic rings. The molecule has 3 heterocycles. The minimum absolute atomic E-state index is 0.0239. The zero-order chi connectivity index (χ0) is 21.5. The number of benzene rings is 3. The van der Waals surface area contributed by atoms with Gasteiger partial charge in [-0.1, -0.05) is 54.2 Å². The van der Waals surface area contributed by atoms with E-state index >= 15 is 0 Å². The summed E-state index contributed by atoms with van der Waals surface area (Å²) < 4.78 is 7.76. The van der Waals surface area contributed by atoms with Crippen molar-refractivity contribution in [1.29, 1.82) is 0 Å². The lowest BCUT2D eigenvalue weighted by molar-refractivity contribution is -0.119. The van der Waals surface area contributed by atoms with Gasteiger partial charge in [-0.05, 0) is 30.3 Å². The molecule has 3 aromatic carbocycles. The van der Waals surface area contributed by atoms with Crippen LogP contribution in [0.4, 0.5) is 0 Å². The maximum atomic E-state index is 12.9. The van der Waals surface area contributed by atoms with Gasteiger partial charge in [-0.2, -0.15) is 0 Å². The second-order valence-electron chi connectivity index (χ2n) is 7.75. The molecule has 6 rings (SSSR count). The van der Waals surface area contributed by atoms with Gasteiger partial charge >= 0.3 is 0 Å². The number of imidazole rings is 1. The zero-order valence-electron chi connectivity index (χ0n) is 17.2. The van der Waals surface area contributed by atoms with Crippen molar-refractivity contribution in [3.63, 3.8) is 0 Å². The largest absolute Gasteiger partial charge is 0.493 e. The number of thioether (sulfide) groups is 1. The molecule has 0 radical (unpaired) electrons. The van der Waals surface area contributed by atoms with Crippen LogP contribution in [0.2, 0.25) is 0 Å². The number of hydrogen-bond donors (Lipinski definition) is 1. The molecular weight excluding hydrogens is 420 g/mol. The summed E-state index contributed by atoms with van der Waals surface area (Å²) in [6, 6.07) is 23.8. The third kappa shape index (κ3) is 3.26. The molecule has 1 amide bonds. The number of rotatable bonds is 4. The number of nitrogens with one attached hydrogen (secondary N) is 1. The molecule has 0 saturated carbocycles. The van der Waals surface area contributed by atoms with Crippen molar-refractivity contribution in [2.45, 2.75) is 17.6 Å². The molecule has 0 bridgehead atoms. The number of fused-ring (bicyclic) bond motifs is 6. The number of aromatic nitrogens is 3. The quantitative estimate of drug-likeness (QED) is 0.322. The summed E-state index contributed by atoms with van der Waals surface area (Å²) >= 11 is 1.43. The van der Waals surface area contributed by atoms with Crippen LogP contribution in [-0.4, -0.2) is 32.6 Å². The van der Waals surface area contributed by atoms with Crippen molar-refractivity contribution in [2.24, 2.45) is 0 Å². The van der Waals surface area contributed by atoms with Crippen LogP contribution in [0.15, 0.2) is 78.0 Å². The minimum Gasteiger partial charge on any atom is -0.493 e. The number of amides is 1. The Labute approximate surface area is 188 Å². The summed E-state index contributed by atoms with van der Waals surface area (Å²) in [7, 11) is 0. The molecule has 1 atom stereocenters. The number of para-hydroxylation sites is 4. The van der Waals surface area contributed by atoms with E-state index in [2.05, 4.69) is 9.72 Å². The summed E-state index contributed by atoms with van der Waals surface area (Å²) in [4.78, 5) is 22.6. The van der Waals surface area contributed by atoms with Crippen molar-refractivity contribution in [1.82, 2.24) is 19.7 Å². The van der Waals surface area contributed by atoms with Crippen LogP contribution in [0.1, 0.15) is 18.0 Å². The van der Waals surface area contributed by atoms with E-state index in [0.29, 0.717) is 6.61 Å². The molecule has 1 N–H and O–H groups in total. The predicted molar refractivity (Wildman–Crippen MR) is 126 cm³/mol. The Bertz CT molecular complexity index is 1480. The fourth-order valence-electron chi connectivity index (χ4n) is 4.27. The van der Waals surface area contributed by atoms with Crippen LogP contribution in [0, 0.1) is 0 Å². The highest BCUT2D eigenvalue weighted by Gasteiger charge is 2.23. The molecular formula is C25H20N4O2S. The Kier molecular flexibility index (Phi) is 4.69. The fourth-order valence-corrected chi connectivity index (χ4v) is 5.09. The molecule has 6 nitrogen and oxygen atoms in total. The fraction of sp³-hybridized carbons (Fsp3) is 0.160. The first-order valence-corrected chi connectivity index (χ1v) is 11.6. The maximum absolute atomic E-state index is 12.9. The average molecular weight is 441 g/mol. The van der Waals surface area contributed by atoms with E-state index in [1.165, 1.54) is 11.8 Å². The van der Waals surface area contributed by atoms with Gasteiger partial charge in [0, 0.05) is 17.4 Å². The molecule has 0 aliphatic carbocycles. The average Bonchev–Trinajstić information content (AvgIpc) is 3.23. The summed E-state index contributed by atoms with van der Waals surface area (Å²) in [5.41, 5.74) is 4.66. The third-order valence-electron chi connectivity index (χ3n) is 5.74. The van der Waals surface area contributed by atoms with Crippen LogP contribution in [0.5, 0.6) is 5.75 Å². The van der Waals surface area contributed by atoms with E-state index in [1.54, 1.807) is 0 Å². The minimum atomic E-state index is -0.0355. The lowest BCUT2D eigenvalue weighted by Crippen LogP contribution is -2.33. The van der Waals surface area contributed by atoms with E-state index < -0.39 is 0 Å². The van der Waals surface area contributed by atoms with Crippen molar-refractivity contribution >= 4 is 45.3 Å². The number of ether oxygens (including phenoxy) is 1. The zero-order valence-corrected chi connectivity index (χ0v) is 18.0. The predicted octanol–water partition coefficient (Wildman–Crippen LogP) is 4.77. The summed E-state index contributed by atoms with van der Waals surface area (Å²) in [6.07, 6.45) is 0.762. The van der Waals surface area contributed by atoms with E-state index in [0.717, 1.165) is 50.5 Å². The summed E-state index contributed by atoms with van der Waals surface area (Å²) in [5.74, 6) is 1.09. The van der Waals surface area contributed by atoms with Crippen LogP contribution < -0.4 is 10.1 Å². The van der Waals surface area contributed by atoms with Gasteiger partial charge in [0.2, 0.25) is 5.91 Å². The van der Waals surface area contributed by atoms with Gasteiger partial charge in [-0.25, -0.2) is 9.97 Å². The van der Waals surface area contributed by atoms with Gasteiger partial charge in [-0.15, -0.1) is 0 Å². The number of carbonyl (C=O) groups is 1. The van der Waals surface area contributed by atoms with Crippen LogP contribution in [-0.2, 0) is 4.79 Å². The number of nitrogens with zero attached hydrogens (tertiary/aromatic N) is 3. The topological polar surface area (TPSA) is 68.5 Å². The van der Waals surface area contributed by atoms with E-state index in [4.69, 9.17) is 14.7 Å². The van der Waals surface area contributed by atoms with Crippen LogP contribution in [0.3, 0.4) is 0 Å². The molecule has 1 aliphatic heterocycles. The van der Waals surface area contributed by atoms with Crippen LogP contribution >= 0.6 is 11.8 Å². The SMILES string of the molecule is O=C(CSc1nc2ccccc2c2nc3ccccc3n12)N[C@H]1CCOc2ccccc21. The smallest absolute Gasteiger partial charge is 0.230 e. The monoisotopic (exact) mass is 440 g/mol. The Hall–Kier alpha value is -3.58.